The number of carboxylic acids is 1. The van der Waals surface area contributed by atoms with Crippen molar-refractivity contribution >= 4 is 12.0 Å². The van der Waals surface area contributed by atoms with Crippen LogP contribution in [0.2, 0.25) is 0 Å². The fraction of sp³-hybridized carbons (Fsp3) is 0.300. The number of urea groups is 1. The van der Waals surface area contributed by atoms with Crippen molar-refractivity contribution in [3.63, 3.8) is 0 Å². The van der Waals surface area contributed by atoms with Crippen molar-refractivity contribution in [1.29, 1.82) is 0 Å². The summed E-state index contributed by atoms with van der Waals surface area (Å²) in [5.41, 5.74) is 2.06. The van der Waals surface area contributed by atoms with E-state index in [9.17, 15) is 9.59 Å². The fourth-order valence-corrected chi connectivity index (χ4v) is 2.81. The van der Waals surface area contributed by atoms with Crippen molar-refractivity contribution < 1.29 is 19.4 Å². The molecule has 6 nitrogen and oxygen atoms in total. The first-order valence-electron chi connectivity index (χ1n) is 8.57. The van der Waals surface area contributed by atoms with Gasteiger partial charge in [-0.15, -0.1) is 0 Å². The summed E-state index contributed by atoms with van der Waals surface area (Å²) in [7, 11) is 1.63. The van der Waals surface area contributed by atoms with Crippen LogP contribution in [0, 0.1) is 0 Å². The Hall–Kier alpha value is -3.02. The van der Waals surface area contributed by atoms with E-state index in [-0.39, 0.29) is 17.6 Å². The summed E-state index contributed by atoms with van der Waals surface area (Å²) in [5.74, 6) is -0.187. The van der Waals surface area contributed by atoms with Crippen molar-refractivity contribution in [1.82, 2.24) is 10.2 Å². The lowest BCUT2D eigenvalue weighted by atomic mass is 10.1. The monoisotopic (exact) mass is 354 g/mol. The lowest BCUT2D eigenvalue weighted by Crippen LogP contribution is -2.40. The van der Waals surface area contributed by atoms with Gasteiger partial charge in [0.2, 0.25) is 0 Å². The minimum Gasteiger partial charge on any atom is -0.496 e. The lowest BCUT2D eigenvalue weighted by Gasteiger charge is -2.24. The quantitative estimate of drug-likeness (QED) is 0.800. The predicted octanol–water partition coefficient (Wildman–Crippen LogP) is 3.27. The molecule has 2 aromatic rings. The van der Waals surface area contributed by atoms with Gasteiger partial charge in [-0.2, -0.15) is 0 Å². The molecule has 136 valence electrons. The molecule has 1 aliphatic carbocycles. The van der Waals surface area contributed by atoms with E-state index in [1.807, 2.05) is 29.2 Å². The van der Waals surface area contributed by atoms with Gasteiger partial charge in [0.05, 0.1) is 19.2 Å². The molecule has 0 aromatic heterocycles. The molecule has 0 aliphatic heterocycles. The highest BCUT2D eigenvalue weighted by Gasteiger charge is 2.33. The third kappa shape index (κ3) is 4.33. The number of carbonyl (C=O) groups is 2. The van der Waals surface area contributed by atoms with E-state index in [2.05, 4.69) is 5.32 Å². The molecule has 0 bridgehead atoms. The SMILES string of the molecule is COc1ccccc1CN(C(=O)NCc1ccc(C(=O)O)cc1)C1CC1. The van der Waals surface area contributed by atoms with Gasteiger partial charge in [0.15, 0.2) is 0 Å². The van der Waals surface area contributed by atoms with Crippen LogP contribution in [0.3, 0.4) is 0 Å². The summed E-state index contributed by atoms with van der Waals surface area (Å²) in [6.45, 7) is 0.854. The third-order valence-electron chi connectivity index (χ3n) is 4.43. The Balaban J connectivity index is 1.63. The minimum absolute atomic E-state index is 0.124. The van der Waals surface area contributed by atoms with Gasteiger partial charge in [-0.25, -0.2) is 9.59 Å². The molecule has 0 unspecified atom stereocenters. The van der Waals surface area contributed by atoms with Crippen molar-refractivity contribution in [2.75, 3.05) is 7.11 Å². The van der Waals surface area contributed by atoms with Crippen LogP contribution in [-0.2, 0) is 13.1 Å². The third-order valence-corrected chi connectivity index (χ3v) is 4.43. The largest absolute Gasteiger partial charge is 0.496 e. The second-order valence-corrected chi connectivity index (χ2v) is 6.33. The maximum Gasteiger partial charge on any atom is 0.335 e. The molecule has 0 saturated heterocycles. The number of hydrogen-bond acceptors (Lipinski definition) is 3. The van der Waals surface area contributed by atoms with Gasteiger partial charge in [0, 0.05) is 18.2 Å². The number of nitrogens with one attached hydrogen (secondary N) is 1. The molecule has 6 heteroatoms. The molecule has 0 spiro atoms. The molecular formula is C20H22N2O4. The van der Waals surface area contributed by atoms with Gasteiger partial charge in [-0.05, 0) is 36.6 Å². The number of methoxy groups -OCH3 is 1. The molecular weight excluding hydrogens is 332 g/mol. The zero-order valence-corrected chi connectivity index (χ0v) is 14.6. The number of carbonyl (C=O) groups excluding carboxylic acids is 1. The van der Waals surface area contributed by atoms with Gasteiger partial charge in [0.1, 0.15) is 5.75 Å². The van der Waals surface area contributed by atoms with Gasteiger partial charge >= 0.3 is 12.0 Å². The lowest BCUT2D eigenvalue weighted by molar-refractivity contribution is 0.0697. The molecule has 2 aromatic carbocycles. The molecule has 1 aliphatic rings. The van der Waals surface area contributed by atoms with Crippen LogP contribution < -0.4 is 10.1 Å². The second-order valence-electron chi connectivity index (χ2n) is 6.33. The minimum atomic E-state index is -0.961. The van der Waals surface area contributed by atoms with Crippen LogP contribution in [0.1, 0.15) is 34.3 Å². The summed E-state index contributed by atoms with van der Waals surface area (Å²) in [4.78, 5) is 25.4. The number of benzene rings is 2. The maximum absolute atomic E-state index is 12.7. The average molecular weight is 354 g/mol. The topological polar surface area (TPSA) is 78.9 Å². The number of hydrogen-bond donors (Lipinski definition) is 2. The fourth-order valence-electron chi connectivity index (χ4n) is 2.81. The van der Waals surface area contributed by atoms with E-state index < -0.39 is 5.97 Å². The first-order valence-corrected chi connectivity index (χ1v) is 8.57. The molecule has 0 radical (unpaired) electrons. The van der Waals surface area contributed by atoms with Crippen molar-refractivity contribution in [2.24, 2.45) is 0 Å². The Morgan fingerprint density at radius 3 is 2.46 bits per heavy atom. The second kappa shape index (κ2) is 7.91. The molecule has 26 heavy (non-hydrogen) atoms. The van der Waals surface area contributed by atoms with Gasteiger partial charge < -0.3 is 20.1 Å². The Labute approximate surface area is 152 Å². The van der Waals surface area contributed by atoms with Crippen molar-refractivity contribution in [3.8, 4) is 5.75 Å². The summed E-state index contributed by atoms with van der Waals surface area (Å²) < 4.78 is 5.38. The number of nitrogens with zero attached hydrogens (tertiary/aromatic N) is 1. The number of para-hydroxylation sites is 1. The van der Waals surface area contributed by atoms with Crippen LogP contribution in [0.5, 0.6) is 5.75 Å². The number of ether oxygens (including phenoxy) is 1. The number of aromatic carboxylic acids is 1. The van der Waals surface area contributed by atoms with E-state index >= 15 is 0 Å². The highest BCUT2D eigenvalue weighted by molar-refractivity contribution is 5.87. The highest BCUT2D eigenvalue weighted by atomic mass is 16.5. The summed E-state index contributed by atoms with van der Waals surface area (Å²) in [6, 6.07) is 14.3. The Bertz CT molecular complexity index is 785. The number of amides is 2. The van der Waals surface area contributed by atoms with Crippen LogP contribution in [-0.4, -0.2) is 35.2 Å². The van der Waals surface area contributed by atoms with E-state index in [4.69, 9.17) is 9.84 Å². The number of carboxylic acid groups (broad SMARTS) is 1. The first-order chi connectivity index (χ1) is 12.6. The standard InChI is InChI=1S/C20H22N2O4/c1-26-18-5-3-2-4-16(18)13-22(17-10-11-17)20(25)21-12-14-6-8-15(9-7-14)19(23)24/h2-9,17H,10-13H2,1H3,(H,21,25)(H,23,24). The van der Waals surface area contributed by atoms with Crippen molar-refractivity contribution in [2.45, 2.75) is 32.0 Å². The Kier molecular flexibility index (Phi) is 5.41. The molecule has 1 saturated carbocycles. The zero-order chi connectivity index (χ0) is 18.5. The van der Waals surface area contributed by atoms with Gasteiger partial charge in [-0.3, -0.25) is 0 Å². The average Bonchev–Trinajstić information content (AvgIpc) is 3.49. The van der Waals surface area contributed by atoms with Gasteiger partial charge in [0.25, 0.3) is 0 Å². The van der Waals surface area contributed by atoms with E-state index in [0.717, 1.165) is 29.7 Å². The van der Waals surface area contributed by atoms with E-state index in [1.165, 1.54) is 12.1 Å². The van der Waals surface area contributed by atoms with Crippen LogP contribution >= 0.6 is 0 Å². The van der Waals surface area contributed by atoms with E-state index in [1.54, 1.807) is 19.2 Å². The van der Waals surface area contributed by atoms with Crippen LogP contribution in [0.15, 0.2) is 48.5 Å². The molecule has 0 heterocycles. The molecule has 1 fully saturated rings. The molecule has 3 rings (SSSR count). The summed E-state index contributed by atoms with van der Waals surface area (Å²) in [6.07, 6.45) is 2.02. The first kappa shape index (κ1) is 17.8. The molecule has 2 N–H and O–H groups in total. The van der Waals surface area contributed by atoms with Crippen molar-refractivity contribution in [3.05, 3.63) is 65.2 Å². The Morgan fingerprint density at radius 1 is 1.15 bits per heavy atom. The maximum atomic E-state index is 12.7. The highest BCUT2D eigenvalue weighted by Crippen LogP contribution is 2.30. The normalized spacial score (nSPS) is 13.1. The molecule has 0 atom stereocenters. The van der Waals surface area contributed by atoms with E-state index in [0.29, 0.717) is 13.1 Å². The zero-order valence-electron chi connectivity index (χ0n) is 14.6. The smallest absolute Gasteiger partial charge is 0.335 e. The summed E-state index contributed by atoms with van der Waals surface area (Å²) >= 11 is 0. The van der Waals surface area contributed by atoms with Crippen LogP contribution in [0.4, 0.5) is 4.79 Å². The Morgan fingerprint density at radius 2 is 1.85 bits per heavy atom. The van der Waals surface area contributed by atoms with Crippen LogP contribution in [0.25, 0.3) is 0 Å². The molecule has 2 amide bonds. The predicted molar refractivity (Wildman–Crippen MR) is 97.2 cm³/mol. The number of rotatable bonds is 7. The van der Waals surface area contributed by atoms with Gasteiger partial charge in [-0.1, -0.05) is 30.3 Å². The summed E-state index contributed by atoms with van der Waals surface area (Å²) in [5, 5.41) is 11.9.